The first-order chi connectivity index (χ1) is 28.4. The molecule has 6 rings (SSSR count). The van der Waals surface area contributed by atoms with E-state index in [2.05, 4.69) is 31.9 Å². The molecule has 2 aromatic carbocycles. The Labute approximate surface area is 362 Å². The lowest BCUT2D eigenvalue weighted by Gasteiger charge is -2.34. The Kier molecular flexibility index (Phi) is 14.3. The molecule has 0 radical (unpaired) electrons. The van der Waals surface area contributed by atoms with Crippen molar-refractivity contribution < 1.29 is 28.8 Å². The maximum atomic E-state index is 13.9. The summed E-state index contributed by atoms with van der Waals surface area (Å²) in [5, 5.41) is 17.5. The van der Waals surface area contributed by atoms with Crippen molar-refractivity contribution in [3.05, 3.63) is 59.7 Å². The van der Waals surface area contributed by atoms with Crippen molar-refractivity contribution in [2.24, 2.45) is 10.8 Å². The number of fused-ring (bicyclic) bond motifs is 2. The minimum atomic E-state index is -0.689. The lowest BCUT2D eigenvalue weighted by atomic mass is 9.84. The van der Waals surface area contributed by atoms with Crippen LogP contribution in [0.1, 0.15) is 78.4 Å². The fraction of sp³-hybridized carbons (Fsp3) is 0.591. The molecule has 60 heavy (non-hydrogen) atoms. The second kappa shape index (κ2) is 18.9. The zero-order valence-electron chi connectivity index (χ0n) is 36.1. The molecule has 0 spiro atoms. The summed E-state index contributed by atoms with van der Waals surface area (Å²) >= 11 is 3.34. The maximum Gasteiger partial charge on any atom is 0.247 e. The molecule has 2 unspecified atom stereocenters. The summed E-state index contributed by atoms with van der Waals surface area (Å²) in [6.45, 7) is 11.6. The first-order valence-electron chi connectivity index (χ1n) is 21.1. The Bertz CT molecular complexity index is 1790. The molecule has 8 atom stereocenters. The van der Waals surface area contributed by atoms with Crippen molar-refractivity contribution >= 4 is 70.3 Å². The number of rotatable bonds is 13. The largest absolute Gasteiger partial charge is 0.343 e. The third-order valence-electron chi connectivity index (χ3n) is 12.5. The van der Waals surface area contributed by atoms with E-state index in [1.54, 1.807) is 61.3 Å². The highest BCUT2D eigenvalue weighted by Crippen LogP contribution is 2.48. The van der Waals surface area contributed by atoms with Gasteiger partial charge in [-0.3, -0.25) is 28.8 Å². The second-order valence-electron chi connectivity index (χ2n) is 17.9. The van der Waals surface area contributed by atoms with E-state index in [-0.39, 0.29) is 46.2 Å². The van der Waals surface area contributed by atoms with Gasteiger partial charge in [0.15, 0.2) is 0 Å². The molecule has 6 N–H and O–H groups in total. The van der Waals surface area contributed by atoms with Crippen LogP contribution in [0.25, 0.3) is 0 Å². The van der Waals surface area contributed by atoms with Gasteiger partial charge in [-0.1, -0.05) is 52.0 Å². The van der Waals surface area contributed by atoms with E-state index < -0.39 is 47.1 Å². The molecule has 4 aliphatic rings. The van der Waals surface area contributed by atoms with Crippen molar-refractivity contribution in [1.29, 1.82) is 0 Å². The van der Waals surface area contributed by atoms with Gasteiger partial charge in [-0.2, -0.15) is 0 Å². The van der Waals surface area contributed by atoms with E-state index in [4.69, 9.17) is 0 Å². The summed E-state index contributed by atoms with van der Waals surface area (Å²) in [6, 6.07) is 11.9. The molecule has 2 aromatic rings. The Morgan fingerprint density at radius 2 is 0.983 bits per heavy atom. The minimum absolute atomic E-state index is 0.141. The van der Waals surface area contributed by atoms with Crippen molar-refractivity contribution in [3.8, 4) is 0 Å². The topological polar surface area (TPSA) is 181 Å². The number of anilines is 2. The van der Waals surface area contributed by atoms with Gasteiger partial charge in [0.1, 0.15) is 24.2 Å². The van der Waals surface area contributed by atoms with Crippen LogP contribution < -0.4 is 31.9 Å². The molecule has 326 valence electrons. The number of amides is 6. The molecule has 14 nitrogen and oxygen atoms in total. The first kappa shape index (κ1) is 45.4. The van der Waals surface area contributed by atoms with Gasteiger partial charge in [0.05, 0.1) is 22.8 Å². The second-order valence-corrected chi connectivity index (χ2v) is 20.5. The van der Waals surface area contributed by atoms with Crippen LogP contribution in [0.3, 0.4) is 0 Å². The van der Waals surface area contributed by atoms with Gasteiger partial charge < -0.3 is 41.7 Å². The van der Waals surface area contributed by atoms with Gasteiger partial charge in [-0.25, -0.2) is 0 Å². The number of hydrogen-bond acceptors (Lipinski definition) is 10. The van der Waals surface area contributed by atoms with E-state index in [1.165, 1.54) is 0 Å². The number of carbonyl (C=O) groups excluding carboxylic acids is 6. The Balaban J connectivity index is 1.04. The van der Waals surface area contributed by atoms with Gasteiger partial charge in [0, 0.05) is 11.4 Å². The Morgan fingerprint density at radius 1 is 0.633 bits per heavy atom. The van der Waals surface area contributed by atoms with Crippen LogP contribution in [0.5, 0.6) is 0 Å². The standard InChI is InChI=1S/C44H62N8O6S2/c1-25(45-7)37(53)49-31-19-21-59-33-23-43(3,4)35(51(33)41(31)57)39(55)47-29-15-11-27(12-16-29)9-10-28-13-17-30(18-14-28)48-40(56)36-44(5,6)24-34-52(36)42(58)32(20-22-60-34)50-38(54)26(2)46-8/h11-18,25-26,31-36,45-46H,9-10,19-24H2,1-8H3,(H,47,55)(H,48,56)(H,49,53)(H,50,54)/t25?,26?,31-,32-,33-,34-,35+,36+/m0/s1. The van der Waals surface area contributed by atoms with Crippen LogP contribution in [-0.2, 0) is 41.6 Å². The normalized spacial score (nSPS) is 26.8. The number of hydrogen-bond donors (Lipinski definition) is 6. The van der Waals surface area contributed by atoms with Crippen molar-refractivity contribution in [2.75, 3.05) is 36.2 Å². The lowest BCUT2D eigenvalue weighted by Crippen LogP contribution is -2.57. The lowest BCUT2D eigenvalue weighted by molar-refractivity contribution is -0.142. The van der Waals surface area contributed by atoms with E-state index >= 15 is 0 Å². The number of likely N-dealkylation sites (N-methyl/N-ethyl adjacent to an activating group) is 2. The summed E-state index contributed by atoms with van der Waals surface area (Å²) in [7, 11) is 3.40. The SMILES string of the molecule is CNC(C)C(=O)N[C@H]1CCS[C@H]2CC(C)(C)[C@@H](C(=O)Nc3ccc(CCc4ccc(NC(=O)[C@H]5N6C(=O)[C@@H](NC(=O)C(C)NC)CCS[C@H]6CC5(C)C)cc4)cc3)N2C1=O. The van der Waals surface area contributed by atoms with Crippen LogP contribution in [-0.4, -0.2) is 118 Å². The highest BCUT2D eigenvalue weighted by atomic mass is 32.2. The zero-order valence-corrected chi connectivity index (χ0v) is 37.7. The van der Waals surface area contributed by atoms with Crippen LogP contribution in [0, 0.1) is 10.8 Å². The monoisotopic (exact) mass is 862 g/mol. The van der Waals surface area contributed by atoms with Gasteiger partial charge >= 0.3 is 0 Å². The van der Waals surface area contributed by atoms with E-state index in [1.807, 2.05) is 76.2 Å². The predicted octanol–water partition coefficient (Wildman–Crippen LogP) is 3.71. The van der Waals surface area contributed by atoms with E-state index in [0.717, 1.165) is 24.0 Å². The van der Waals surface area contributed by atoms with Crippen LogP contribution in [0.15, 0.2) is 48.5 Å². The predicted molar refractivity (Wildman–Crippen MR) is 238 cm³/mol. The van der Waals surface area contributed by atoms with E-state index in [0.29, 0.717) is 48.6 Å². The number of benzene rings is 2. The summed E-state index contributed by atoms with van der Waals surface area (Å²) in [4.78, 5) is 84.4. The van der Waals surface area contributed by atoms with Crippen molar-refractivity contribution in [1.82, 2.24) is 31.1 Å². The average molecular weight is 863 g/mol. The van der Waals surface area contributed by atoms with Gasteiger partial charge in [0.2, 0.25) is 35.4 Å². The quantitative estimate of drug-likeness (QED) is 0.174. The molecule has 0 bridgehead atoms. The number of nitrogens with zero attached hydrogens (tertiary/aromatic N) is 2. The molecular weight excluding hydrogens is 801 g/mol. The molecule has 4 fully saturated rings. The summed E-state index contributed by atoms with van der Waals surface area (Å²) in [5.41, 5.74) is 2.55. The highest BCUT2D eigenvalue weighted by Gasteiger charge is 2.56. The number of aryl methyl sites for hydroxylation is 2. The highest BCUT2D eigenvalue weighted by molar-refractivity contribution is 8.00. The minimum Gasteiger partial charge on any atom is -0.343 e. The summed E-state index contributed by atoms with van der Waals surface area (Å²) in [5.74, 6) is 0.0184. The summed E-state index contributed by atoms with van der Waals surface area (Å²) < 4.78 is 0. The molecule has 0 aromatic heterocycles. The molecular formula is C44H62N8O6S2. The Morgan fingerprint density at radius 3 is 1.32 bits per heavy atom. The summed E-state index contributed by atoms with van der Waals surface area (Å²) in [6.07, 6.45) is 3.90. The van der Waals surface area contributed by atoms with Crippen LogP contribution in [0.4, 0.5) is 11.4 Å². The first-order valence-corrected chi connectivity index (χ1v) is 23.2. The average Bonchev–Trinajstić information content (AvgIpc) is 3.53. The molecule has 16 heteroatoms. The van der Waals surface area contributed by atoms with Gasteiger partial charge in [0.25, 0.3) is 0 Å². The van der Waals surface area contributed by atoms with Crippen molar-refractivity contribution in [3.63, 3.8) is 0 Å². The fourth-order valence-electron chi connectivity index (χ4n) is 8.78. The van der Waals surface area contributed by atoms with Crippen molar-refractivity contribution in [2.45, 2.75) is 127 Å². The molecule has 0 aliphatic carbocycles. The van der Waals surface area contributed by atoms with Crippen LogP contribution >= 0.6 is 23.5 Å². The maximum absolute atomic E-state index is 13.9. The smallest absolute Gasteiger partial charge is 0.247 e. The van der Waals surface area contributed by atoms with Gasteiger partial charge in [-0.05, 0) is 124 Å². The molecule has 4 saturated heterocycles. The zero-order chi connectivity index (χ0) is 43.5. The third-order valence-corrected chi connectivity index (χ3v) is 15.0. The fourth-order valence-corrected chi connectivity index (χ4v) is 11.9. The van der Waals surface area contributed by atoms with Gasteiger partial charge in [-0.15, -0.1) is 23.5 Å². The molecule has 4 aliphatic heterocycles. The molecule has 4 heterocycles. The molecule has 6 amide bonds. The molecule has 0 saturated carbocycles. The number of carbonyl (C=O) groups is 6. The number of nitrogens with one attached hydrogen (secondary N) is 6. The van der Waals surface area contributed by atoms with E-state index in [9.17, 15) is 28.8 Å². The Hall–Kier alpha value is -4.12. The number of thioether (sulfide) groups is 2. The third kappa shape index (κ3) is 9.98. The van der Waals surface area contributed by atoms with Crippen LogP contribution in [0.2, 0.25) is 0 Å².